The number of nitrogen functional groups attached to an aromatic ring is 2. The van der Waals surface area contributed by atoms with Crippen LogP contribution in [0.15, 0.2) is 36.5 Å². The van der Waals surface area contributed by atoms with Gasteiger partial charge in [-0.2, -0.15) is 9.67 Å². The number of aryl methyl sites for hydroxylation is 2. The molecule has 3 heterocycles. The molecule has 24 heavy (non-hydrogen) atoms. The zero-order chi connectivity index (χ0) is 16.7. The van der Waals surface area contributed by atoms with Crippen LogP contribution in [0.1, 0.15) is 17.5 Å². The topological polar surface area (TPSA) is 98.9 Å². The van der Waals surface area contributed by atoms with E-state index >= 15 is 0 Å². The molecule has 0 unspecified atom stereocenters. The summed E-state index contributed by atoms with van der Waals surface area (Å²) in [4.78, 5) is 11.1. The van der Waals surface area contributed by atoms with Gasteiger partial charge in [0.1, 0.15) is 17.5 Å². The molecule has 0 aliphatic carbocycles. The van der Waals surface area contributed by atoms with E-state index in [2.05, 4.69) is 45.1 Å². The molecule has 0 bridgehead atoms. The lowest BCUT2D eigenvalue weighted by molar-refractivity contribution is 0.749. The predicted molar refractivity (Wildman–Crippen MR) is 94.5 cm³/mol. The van der Waals surface area contributed by atoms with Crippen molar-refractivity contribution >= 4 is 23.1 Å². The number of hydrogen-bond acceptors (Lipinski definition) is 6. The molecule has 0 amide bonds. The Morgan fingerprint density at radius 1 is 1.12 bits per heavy atom. The predicted octanol–water partition coefficient (Wildman–Crippen LogP) is 2.22. The number of aromatic nitrogens is 4. The zero-order valence-corrected chi connectivity index (χ0v) is 13.5. The van der Waals surface area contributed by atoms with E-state index in [1.54, 1.807) is 12.3 Å². The van der Waals surface area contributed by atoms with Crippen LogP contribution in [-0.4, -0.2) is 26.3 Å². The average Bonchev–Trinajstić information content (AvgIpc) is 2.92. The van der Waals surface area contributed by atoms with E-state index in [1.165, 1.54) is 21.5 Å². The van der Waals surface area contributed by atoms with Crippen LogP contribution in [0.5, 0.6) is 0 Å². The highest BCUT2D eigenvalue weighted by Gasteiger charge is 2.20. The molecule has 1 aromatic carbocycles. The minimum Gasteiger partial charge on any atom is -0.383 e. The van der Waals surface area contributed by atoms with Crippen LogP contribution in [-0.2, 0) is 6.42 Å². The van der Waals surface area contributed by atoms with Crippen molar-refractivity contribution in [2.45, 2.75) is 19.8 Å². The first-order valence-electron chi connectivity index (χ1n) is 7.93. The first-order chi connectivity index (χ1) is 11.6. The fourth-order valence-electron chi connectivity index (χ4n) is 3.13. The van der Waals surface area contributed by atoms with Gasteiger partial charge in [0.05, 0.1) is 0 Å². The second kappa shape index (κ2) is 5.52. The third kappa shape index (κ3) is 2.44. The standard InChI is InChI=1S/C17H19N7/c1-11-4-5-13-12(9-11)3-2-8-23(13)16-6-7-20-17(21-16)24-15(19)10-14(18)22-24/h4-7,9-10H,2-3,8,19H2,1H3,(H2,18,22). The normalized spacial score (nSPS) is 13.8. The lowest BCUT2D eigenvalue weighted by Gasteiger charge is -2.30. The molecule has 0 saturated carbocycles. The maximum Gasteiger partial charge on any atom is 0.254 e. The Bertz CT molecular complexity index is 900. The Labute approximate surface area is 139 Å². The van der Waals surface area contributed by atoms with Gasteiger partial charge in [0.15, 0.2) is 0 Å². The van der Waals surface area contributed by atoms with Crippen molar-refractivity contribution in [2.24, 2.45) is 0 Å². The van der Waals surface area contributed by atoms with Crippen LogP contribution >= 0.6 is 0 Å². The first-order valence-corrected chi connectivity index (χ1v) is 7.93. The number of nitrogens with zero attached hydrogens (tertiary/aromatic N) is 5. The molecular formula is C17H19N7. The number of hydrogen-bond donors (Lipinski definition) is 2. The van der Waals surface area contributed by atoms with E-state index in [1.807, 2.05) is 6.07 Å². The van der Waals surface area contributed by atoms with Gasteiger partial charge in [-0.3, -0.25) is 0 Å². The van der Waals surface area contributed by atoms with E-state index < -0.39 is 0 Å². The van der Waals surface area contributed by atoms with Gasteiger partial charge < -0.3 is 16.4 Å². The van der Waals surface area contributed by atoms with Crippen LogP contribution in [0.3, 0.4) is 0 Å². The summed E-state index contributed by atoms with van der Waals surface area (Å²) in [5, 5.41) is 4.15. The van der Waals surface area contributed by atoms with Crippen molar-refractivity contribution in [3.05, 3.63) is 47.7 Å². The van der Waals surface area contributed by atoms with Gasteiger partial charge in [0.25, 0.3) is 5.95 Å². The first kappa shape index (κ1) is 14.5. The molecule has 1 aliphatic heterocycles. The highest BCUT2D eigenvalue weighted by atomic mass is 15.4. The van der Waals surface area contributed by atoms with Crippen LogP contribution in [0.2, 0.25) is 0 Å². The summed E-state index contributed by atoms with van der Waals surface area (Å²) in [7, 11) is 0. The van der Waals surface area contributed by atoms with Crippen molar-refractivity contribution in [3.63, 3.8) is 0 Å². The second-order valence-electron chi connectivity index (χ2n) is 6.01. The largest absolute Gasteiger partial charge is 0.383 e. The Morgan fingerprint density at radius 3 is 2.79 bits per heavy atom. The van der Waals surface area contributed by atoms with Gasteiger partial charge in [-0.15, -0.1) is 5.10 Å². The minimum atomic E-state index is 0.347. The van der Waals surface area contributed by atoms with E-state index in [-0.39, 0.29) is 0 Å². The summed E-state index contributed by atoms with van der Waals surface area (Å²) in [6, 6.07) is 10.0. The van der Waals surface area contributed by atoms with Crippen molar-refractivity contribution < 1.29 is 0 Å². The van der Waals surface area contributed by atoms with E-state index in [9.17, 15) is 0 Å². The number of fused-ring (bicyclic) bond motifs is 1. The highest BCUT2D eigenvalue weighted by molar-refractivity contribution is 5.66. The SMILES string of the molecule is Cc1ccc2c(c1)CCCN2c1ccnc(-n2nc(N)cc2N)n1. The molecule has 1 aliphatic rings. The zero-order valence-electron chi connectivity index (χ0n) is 13.5. The Balaban J connectivity index is 1.76. The van der Waals surface area contributed by atoms with E-state index in [4.69, 9.17) is 11.5 Å². The molecule has 7 nitrogen and oxygen atoms in total. The number of anilines is 4. The highest BCUT2D eigenvalue weighted by Crippen LogP contribution is 2.33. The van der Waals surface area contributed by atoms with Crippen molar-refractivity contribution in [2.75, 3.05) is 22.9 Å². The fourth-order valence-corrected chi connectivity index (χ4v) is 3.13. The maximum absolute atomic E-state index is 5.92. The summed E-state index contributed by atoms with van der Waals surface area (Å²) in [6.07, 6.45) is 3.90. The molecule has 0 fully saturated rings. The molecule has 4 N–H and O–H groups in total. The Kier molecular flexibility index (Phi) is 3.34. The van der Waals surface area contributed by atoms with Crippen molar-refractivity contribution in [1.82, 2.24) is 19.7 Å². The second-order valence-corrected chi connectivity index (χ2v) is 6.01. The van der Waals surface area contributed by atoms with Crippen LogP contribution in [0, 0.1) is 6.92 Å². The van der Waals surface area contributed by atoms with Crippen molar-refractivity contribution in [1.29, 1.82) is 0 Å². The minimum absolute atomic E-state index is 0.347. The molecule has 4 rings (SSSR count). The molecule has 7 heteroatoms. The van der Waals surface area contributed by atoms with Gasteiger partial charge in [0.2, 0.25) is 0 Å². The van der Waals surface area contributed by atoms with Crippen LogP contribution in [0.25, 0.3) is 5.95 Å². The third-order valence-corrected chi connectivity index (χ3v) is 4.20. The molecule has 3 aromatic rings. The Morgan fingerprint density at radius 2 is 2.00 bits per heavy atom. The monoisotopic (exact) mass is 321 g/mol. The summed E-state index contributed by atoms with van der Waals surface area (Å²) >= 11 is 0. The molecule has 0 saturated heterocycles. The van der Waals surface area contributed by atoms with Crippen LogP contribution in [0.4, 0.5) is 23.1 Å². The maximum atomic E-state index is 5.92. The number of benzene rings is 1. The van der Waals surface area contributed by atoms with E-state index in [0.29, 0.717) is 17.6 Å². The molecule has 0 radical (unpaired) electrons. The fraction of sp³-hybridized carbons (Fsp3) is 0.235. The van der Waals surface area contributed by atoms with Gasteiger partial charge in [0, 0.05) is 24.5 Å². The summed E-state index contributed by atoms with van der Waals surface area (Å²) < 4.78 is 1.46. The smallest absolute Gasteiger partial charge is 0.254 e. The van der Waals surface area contributed by atoms with Crippen LogP contribution < -0.4 is 16.4 Å². The summed E-state index contributed by atoms with van der Waals surface area (Å²) in [5.41, 5.74) is 15.4. The average molecular weight is 321 g/mol. The molecule has 2 aromatic heterocycles. The number of nitrogens with two attached hydrogens (primary N) is 2. The lowest BCUT2D eigenvalue weighted by atomic mass is 9.99. The number of rotatable bonds is 2. The lowest BCUT2D eigenvalue weighted by Crippen LogP contribution is -2.26. The molecule has 122 valence electrons. The van der Waals surface area contributed by atoms with Crippen molar-refractivity contribution in [3.8, 4) is 5.95 Å². The van der Waals surface area contributed by atoms with Gasteiger partial charge in [-0.25, -0.2) is 4.98 Å². The summed E-state index contributed by atoms with van der Waals surface area (Å²) in [6.45, 7) is 3.04. The Hall–Kier alpha value is -3.09. The molecule has 0 atom stereocenters. The third-order valence-electron chi connectivity index (χ3n) is 4.20. The molecule has 0 spiro atoms. The van der Waals surface area contributed by atoms with Gasteiger partial charge >= 0.3 is 0 Å². The van der Waals surface area contributed by atoms with E-state index in [0.717, 1.165) is 25.2 Å². The van der Waals surface area contributed by atoms with Gasteiger partial charge in [-0.05, 0) is 37.5 Å². The summed E-state index contributed by atoms with van der Waals surface area (Å²) in [5.74, 6) is 2.01. The quantitative estimate of drug-likeness (QED) is 0.751. The van der Waals surface area contributed by atoms with Gasteiger partial charge in [-0.1, -0.05) is 17.7 Å². The molecular weight excluding hydrogens is 302 g/mol.